The lowest BCUT2D eigenvalue weighted by molar-refractivity contribution is 0.102. The molecule has 0 atom stereocenters. The Morgan fingerprint density at radius 2 is 1.83 bits per heavy atom. The first kappa shape index (κ1) is 12.2. The van der Waals surface area contributed by atoms with E-state index in [2.05, 4.69) is 15.3 Å². The fourth-order valence-corrected chi connectivity index (χ4v) is 1.39. The van der Waals surface area contributed by atoms with E-state index in [-0.39, 0.29) is 11.4 Å². The van der Waals surface area contributed by atoms with Gasteiger partial charge in [0.1, 0.15) is 17.2 Å². The van der Waals surface area contributed by atoms with Crippen LogP contribution >= 0.6 is 11.6 Å². The molecule has 1 N–H and O–H groups in total. The first-order valence-electron chi connectivity index (χ1n) is 5.06. The summed E-state index contributed by atoms with van der Waals surface area (Å²) in [5.41, 5.74) is 0.137. The molecule has 90 valence electrons. The van der Waals surface area contributed by atoms with Crippen molar-refractivity contribution < 1.29 is 9.59 Å². The number of hydrogen-bond acceptors (Lipinski definition) is 4. The third-order valence-electron chi connectivity index (χ3n) is 2.09. The average molecular weight is 262 g/mol. The average Bonchev–Trinajstić information content (AvgIpc) is 2.40. The van der Waals surface area contributed by atoms with E-state index < -0.39 is 11.1 Å². The molecular formula is C12H8ClN3O2. The van der Waals surface area contributed by atoms with Crippen molar-refractivity contribution in [2.75, 3.05) is 5.32 Å². The molecule has 2 aromatic heterocycles. The molecule has 0 aliphatic rings. The molecule has 2 aromatic rings. The van der Waals surface area contributed by atoms with Crippen molar-refractivity contribution in [1.82, 2.24) is 9.97 Å². The predicted octanol–water partition coefficient (Wildman–Crippen LogP) is 2.11. The predicted molar refractivity (Wildman–Crippen MR) is 66.6 cm³/mol. The Labute approximate surface area is 108 Å². The quantitative estimate of drug-likeness (QED) is 0.859. The van der Waals surface area contributed by atoms with Gasteiger partial charge in [-0.15, -0.1) is 0 Å². The Morgan fingerprint density at radius 1 is 1.06 bits per heavy atom. The molecular weight excluding hydrogens is 254 g/mol. The minimum absolute atomic E-state index is 0.0327. The normalized spacial score (nSPS) is 9.83. The van der Waals surface area contributed by atoms with Crippen molar-refractivity contribution in [3.05, 3.63) is 54.0 Å². The highest BCUT2D eigenvalue weighted by Crippen LogP contribution is 2.06. The van der Waals surface area contributed by atoms with Gasteiger partial charge >= 0.3 is 0 Å². The number of aromatic nitrogens is 2. The van der Waals surface area contributed by atoms with Crippen molar-refractivity contribution >= 4 is 28.6 Å². The van der Waals surface area contributed by atoms with Crippen molar-refractivity contribution in [2.24, 2.45) is 0 Å². The van der Waals surface area contributed by atoms with Crippen LogP contribution in [0.3, 0.4) is 0 Å². The number of nitrogens with zero attached hydrogens (tertiary/aromatic N) is 2. The summed E-state index contributed by atoms with van der Waals surface area (Å²) in [5, 5.41) is 1.85. The van der Waals surface area contributed by atoms with E-state index in [1.807, 2.05) is 0 Å². The zero-order valence-corrected chi connectivity index (χ0v) is 9.89. The topological polar surface area (TPSA) is 72.0 Å². The molecule has 0 aliphatic carbocycles. The number of rotatable bonds is 3. The van der Waals surface area contributed by atoms with Crippen LogP contribution in [0.2, 0.25) is 0 Å². The third-order valence-corrected chi connectivity index (χ3v) is 2.28. The van der Waals surface area contributed by atoms with Crippen LogP contribution in [0, 0.1) is 0 Å². The van der Waals surface area contributed by atoms with Gasteiger partial charge in [-0.05, 0) is 35.9 Å². The van der Waals surface area contributed by atoms with Crippen molar-refractivity contribution in [3.63, 3.8) is 0 Å². The summed E-state index contributed by atoms with van der Waals surface area (Å²) in [4.78, 5) is 30.6. The van der Waals surface area contributed by atoms with Gasteiger partial charge in [-0.2, -0.15) is 0 Å². The molecule has 0 saturated carbocycles. The summed E-state index contributed by atoms with van der Waals surface area (Å²) in [6.07, 6.45) is 1.56. The molecule has 5 nitrogen and oxygen atoms in total. The molecule has 0 aliphatic heterocycles. The second-order valence-electron chi connectivity index (χ2n) is 3.35. The number of carbonyl (C=O) groups excluding carboxylic acids is 2. The molecule has 0 spiro atoms. The monoisotopic (exact) mass is 261 g/mol. The lowest BCUT2D eigenvalue weighted by atomic mass is 10.3. The van der Waals surface area contributed by atoms with Crippen LogP contribution in [0.5, 0.6) is 0 Å². The first-order valence-corrected chi connectivity index (χ1v) is 5.44. The lowest BCUT2D eigenvalue weighted by Crippen LogP contribution is -2.15. The van der Waals surface area contributed by atoms with Crippen LogP contribution in [0.25, 0.3) is 0 Å². The number of halogens is 1. The van der Waals surface area contributed by atoms with E-state index in [1.165, 1.54) is 18.2 Å². The van der Waals surface area contributed by atoms with Crippen LogP contribution < -0.4 is 5.32 Å². The van der Waals surface area contributed by atoms with E-state index in [4.69, 9.17) is 11.6 Å². The van der Waals surface area contributed by atoms with E-state index in [1.54, 1.807) is 24.4 Å². The minimum atomic E-state index is -0.706. The highest BCUT2D eigenvalue weighted by atomic mass is 35.5. The molecule has 0 radical (unpaired) electrons. The van der Waals surface area contributed by atoms with Crippen LogP contribution in [-0.2, 0) is 0 Å². The number of anilines is 1. The maximum Gasteiger partial charge on any atom is 0.275 e. The molecule has 6 heteroatoms. The summed E-state index contributed by atoms with van der Waals surface area (Å²) in [6.45, 7) is 0. The molecule has 1 amide bonds. The standard InChI is InChI=1S/C12H8ClN3O2/c13-11(17)8-4-3-5-9(15-8)12(18)16-10-6-1-2-7-14-10/h1-7H,(H,14,16,18). The Hall–Kier alpha value is -2.27. The number of amides is 1. The molecule has 0 unspecified atom stereocenters. The zero-order valence-electron chi connectivity index (χ0n) is 9.13. The number of hydrogen-bond donors (Lipinski definition) is 1. The van der Waals surface area contributed by atoms with Crippen molar-refractivity contribution in [3.8, 4) is 0 Å². The molecule has 2 heterocycles. The number of pyridine rings is 2. The van der Waals surface area contributed by atoms with Gasteiger partial charge < -0.3 is 5.32 Å². The fourth-order valence-electron chi connectivity index (χ4n) is 1.29. The van der Waals surface area contributed by atoms with E-state index >= 15 is 0 Å². The second-order valence-corrected chi connectivity index (χ2v) is 3.69. The summed E-state index contributed by atoms with van der Waals surface area (Å²) in [5.74, 6) is -0.0413. The van der Waals surface area contributed by atoms with Gasteiger partial charge in [0.25, 0.3) is 11.1 Å². The maximum absolute atomic E-state index is 11.8. The van der Waals surface area contributed by atoms with E-state index in [0.29, 0.717) is 5.82 Å². The maximum atomic E-state index is 11.8. The molecule has 0 bridgehead atoms. The van der Waals surface area contributed by atoms with Gasteiger partial charge in [-0.25, -0.2) is 9.97 Å². The SMILES string of the molecule is O=C(Cl)c1cccc(C(=O)Nc2ccccn2)n1. The largest absolute Gasteiger partial charge is 0.305 e. The van der Waals surface area contributed by atoms with Gasteiger partial charge in [0, 0.05) is 6.20 Å². The van der Waals surface area contributed by atoms with Crippen molar-refractivity contribution in [2.45, 2.75) is 0 Å². The number of nitrogens with one attached hydrogen (secondary N) is 1. The smallest absolute Gasteiger partial charge is 0.275 e. The molecule has 2 rings (SSSR count). The molecule has 18 heavy (non-hydrogen) atoms. The van der Waals surface area contributed by atoms with Gasteiger partial charge in [-0.1, -0.05) is 12.1 Å². The van der Waals surface area contributed by atoms with E-state index in [0.717, 1.165) is 0 Å². The lowest BCUT2D eigenvalue weighted by Gasteiger charge is -2.03. The summed E-state index contributed by atoms with van der Waals surface area (Å²) >= 11 is 5.29. The van der Waals surface area contributed by atoms with E-state index in [9.17, 15) is 9.59 Å². The summed E-state index contributed by atoms with van der Waals surface area (Å²) in [7, 11) is 0. The van der Waals surface area contributed by atoms with Crippen molar-refractivity contribution in [1.29, 1.82) is 0 Å². The summed E-state index contributed by atoms with van der Waals surface area (Å²) < 4.78 is 0. The first-order chi connectivity index (χ1) is 8.66. The Kier molecular flexibility index (Phi) is 3.64. The van der Waals surface area contributed by atoms with Crippen LogP contribution in [0.1, 0.15) is 21.0 Å². The highest BCUT2D eigenvalue weighted by molar-refractivity contribution is 6.67. The third kappa shape index (κ3) is 2.89. The fraction of sp³-hybridized carbons (Fsp3) is 0. The highest BCUT2D eigenvalue weighted by Gasteiger charge is 2.11. The summed E-state index contributed by atoms with van der Waals surface area (Å²) in [6, 6.07) is 9.59. The Bertz CT molecular complexity index is 587. The Balaban J connectivity index is 2.19. The van der Waals surface area contributed by atoms with Crippen LogP contribution in [-0.4, -0.2) is 21.1 Å². The number of carbonyl (C=O) groups is 2. The van der Waals surface area contributed by atoms with Gasteiger partial charge in [0.15, 0.2) is 0 Å². The molecule has 0 fully saturated rings. The van der Waals surface area contributed by atoms with Gasteiger partial charge in [0.05, 0.1) is 0 Å². The molecule has 0 saturated heterocycles. The minimum Gasteiger partial charge on any atom is -0.305 e. The van der Waals surface area contributed by atoms with Gasteiger partial charge in [0.2, 0.25) is 0 Å². The second kappa shape index (κ2) is 5.37. The van der Waals surface area contributed by atoms with Gasteiger partial charge in [-0.3, -0.25) is 9.59 Å². The molecule has 0 aromatic carbocycles. The van der Waals surface area contributed by atoms with Crippen LogP contribution in [0.4, 0.5) is 5.82 Å². The Morgan fingerprint density at radius 3 is 2.50 bits per heavy atom. The zero-order chi connectivity index (χ0) is 13.0. The van der Waals surface area contributed by atoms with Crippen LogP contribution in [0.15, 0.2) is 42.6 Å².